The molecule has 0 atom stereocenters. The Labute approximate surface area is 186 Å². The highest BCUT2D eigenvalue weighted by Gasteiger charge is 2.35. The van der Waals surface area contributed by atoms with Crippen LogP contribution in [0.2, 0.25) is 0 Å². The Morgan fingerprint density at radius 1 is 1.06 bits per heavy atom. The number of rotatable bonds is 6. The zero-order chi connectivity index (χ0) is 22.7. The van der Waals surface area contributed by atoms with Gasteiger partial charge in [-0.1, -0.05) is 6.42 Å². The first-order chi connectivity index (χ1) is 15.3. The first kappa shape index (κ1) is 23.3. The molecule has 1 aliphatic carbocycles. The Morgan fingerprint density at radius 3 is 2.34 bits per heavy atom. The van der Waals surface area contributed by atoms with Gasteiger partial charge in [-0.05, 0) is 56.7 Å². The molecular formula is C23H32F3N3O3. The van der Waals surface area contributed by atoms with Crippen LogP contribution in [0.15, 0.2) is 18.2 Å². The van der Waals surface area contributed by atoms with E-state index in [1.165, 1.54) is 31.4 Å². The Hall–Kier alpha value is -1.84. The largest absolute Gasteiger partial charge is 0.490 e. The Bertz CT molecular complexity index is 784. The molecule has 2 aliphatic heterocycles. The lowest BCUT2D eigenvalue weighted by Gasteiger charge is -2.41. The minimum Gasteiger partial charge on any atom is -0.490 e. The van der Waals surface area contributed by atoms with Gasteiger partial charge in [0.2, 0.25) is 5.91 Å². The molecule has 1 amide bonds. The summed E-state index contributed by atoms with van der Waals surface area (Å²) in [5.74, 6) is -0.314. The summed E-state index contributed by atoms with van der Waals surface area (Å²) in [5.41, 5.74) is -1.16. The fourth-order valence-electron chi connectivity index (χ4n) is 4.71. The normalized spacial score (nSPS) is 22.5. The predicted molar refractivity (Wildman–Crippen MR) is 115 cm³/mol. The molecule has 1 saturated carbocycles. The number of piperidine rings is 2. The zero-order valence-electron chi connectivity index (χ0n) is 18.2. The maximum atomic E-state index is 13.7. The SMILES string of the molecule is O=C(CN1CCC(O)CC1)Nc1ccc(OC2CCN(C3CCC3)CC2)cc1C(F)(F)F. The van der Waals surface area contributed by atoms with Gasteiger partial charge in [0.05, 0.1) is 23.9 Å². The molecule has 4 rings (SSSR count). The lowest BCUT2D eigenvalue weighted by atomic mass is 9.90. The fraction of sp³-hybridized carbons (Fsp3) is 0.696. The molecule has 1 aromatic carbocycles. The Kier molecular flexibility index (Phi) is 7.27. The molecule has 3 fully saturated rings. The van der Waals surface area contributed by atoms with E-state index in [0.29, 0.717) is 32.0 Å². The minimum absolute atomic E-state index is 0.00182. The summed E-state index contributed by atoms with van der Waals surface area (Å²) in [7, 11) is 0. The van der Waals surface area contributed by atoms with E-state index in [1.54, 1.807) is 0 Å². The highest BCUT2D eigenvalue weighted by molar-refractivity contribution is 5.93. The summed E-state index contributed by atoms with van der Waals surface area (Å²) in [6.45, 7) is 2.94. The molecule has 32 heavy (non-hydrogen) atoms. The summed E-state index contributed by atoms with van der Waals surface area (Å²) in [4.78, 5) is 16.6. The van der Waals surface area contributed by atoms with Crippen molar-refractivity contribution in [1.82, 2.24) is 9.80 Å². The van der Waals surface area contributed by atoms with E-state index in [4.69, 9.17) is 4.74 Å². The zero-order valence-corrected chi connectivity index (χ0v) is 18.2. The highest BCUT2D eigenvalue weighted by atomic mass is 19.4. The first-order valence-electron chi connectivity index (χ1n) is 11.6. The van der Waals surface area contributed by atoms with Gasteiger partial charge in [0.15, 0.2) is 0 Å². The second-order valence-electron chi connectivity index (χ2n) is 9.20. The number of carbonyl (C=O) groups is 1. The van der Waals surface area contributed by atoms with Crippen molar-refractivity contribution >= 4 is 11.6 Å². The van der Waals surface area contributed by atoms with E-state index >= 15 is 0 Å². The van der Waals surface area contributed by atoms with Gasteiger partial charge in [0.1, 0.15) is 11.9 Å². The van der Waals surface area contributed by atoms with Gasteiger partial charge in [0.25, 0.3) is 0 Å². The second-order valence-corrected chi connectivity index (χ2v) is 9.20. The van der Waals surface area contributed by atoms with Crippen LogP contribution in [0.5, 0.6) is 5.75 Å². The van der Waals surface area contributed by atoms with Gasteiger partial charge in [-0.2, -0.15) is 13.2 Å². The highest BCUT2D eigenvalue weighted by Crippen LogP contribution is 2.38. The number of carbonyl (C=O) groups excluding carboxylic acids is 1. The monoisotopic (exact) mass is 455 g/mol. The van der Waals surface area contributed by atoms with Crippen LogP contribution in [0, 0.1) is 0 Å². The lowest BCUT2D eigenvalue weighted by Crippen LogP contribution is -2.46. The standard InChI is InChI=1S/C23H32F3N3O3/c24-23(25,26)20-14-19(32-18-8-12-29(13-9-18)16-2-1-3-16)4-5-21(20)27-22(31)15-28-10-6-17(30)7-11-28/h4-5,14,16-18,30H,1-3,6-13,15H2,(H,27,31). The third kappa shape index (κ3) is 5.94. The van der Waals surface area contributed by atoms with Crippen LogP contribution in [0.25, 0.3) is 0 Å². The molecule has 2 N–H and O–H groups in total. The van der Waals surface area contributed by atoms with Crippen molar-refractivity contribution in [1.29, 1.82) is 0 Å². The van der Waals surface area contributed by atoms with E-state index < -0.39 is 17.6 Å². The van der Waals surface area contributed by atoms with Crippen molar-refractivity contribution in [3.05, 3.63) is 23.8 Å². The average Bonchev–Trinajstić information content (AvgIpc) is 2.70. The van der Waals surface area contributed by atoms with Gasteiger partial charge < -0.3 is 20.1 Å². The summed E-state index contributed by atoms with van der Waals surface area (Å²) < 4.78 is 47.0. The maximum Gasteiger partial charge on any atom is 0.418 e. The van der Waals surface area contributed by atoms with Crippen LogP contribution in [0.1, 0.15) is 50.5 Å². The average molecular weight is 456 g/mol. The van der Waals surface area contributed by atoms with E-state index in [1.807, 2.05) is 4.90 Å². The number of nitrogens with zero attached hydrogens (tertiary/aromatic N) is 2. The molecule has 0 radical (unpaired) electrons. The third-order valence-corrected chi connectivity index (χ3v) is 6.87. The van der Waals surface area contributed by atoms with Crippen LogP contribution in [-0.4, -0.2) is 71.8 Å². The number of aliphatic hydroxyl groups is 1. The molecule has 9 heteroatoms. The second kappa shape index (κ2) is 9.97. The van der Waals surface area contributed by atoms with Gasteiger partial charge in [-0.15, -0.1) is 0 Å². The number of amides is 1. The quantitative estimate of drug-likeness (QED) is 0.688. The van der Waals surface area contributed by atoms with Crippen molar-refractivity contribution in [2.45, 2.75) is 69.4 Å². The number of aliphatic hydroxyl groups excluding tert-OH is 1. The summed E-state index contributed by atoms with van der Waals surface area (Å²) in [6, 6.07) is 4.44. The summed E-state index contributed by atoms with van der Waals surface area (Å²) >= 11 is 0. The smallest absolute Gasteiger partial charge is 0.418 e. The summed E-state index contributed by atoms with van der Waals surface area (Å²) in [5, 5.41) is 12.0. The van der Waals surface area contributed by atoms with Crippen molar-refractivity contribution in [3.63, 3.8) is 0 Å². The van der Waals surface area contributed by atoms with E-state index in [2.05, 4.69) is 10.2 Å². The van der Waals surface area contributed by atoms with Gasteiger partial charge in [0, 0.05) is 32.2 Å². The van der Waals surface area contributed by atoms with Crippen LogP contribution in [0.4, 0.5) is 18.9 Å². The number of nitrogens with one attached hydrogen (secondary N) is 1. The van der Waals surface area contributed by atoms with Crippen molar-refractivity contribution in [2.24, 2.45) is 0 Å². The predicted octanol–water partition coefficient (Wildman–Crippen LogP) is 3.50. The molecule has 0 unspecified atom stereocenters. The molecule has 0 bridgehead atoms. The molecular weight excluding hydrogens is 423 g/mol. The number of halogens is 3. The van der Waals surface area contributed by atoms with Crippen LogP contribution >= 0.6 is 0 Å². The molecule has 0 spiro atoms. The number of alkyl halides is 3. The van der Waals surface area contributed by atoms with Crippen LogP contribution in [0.3, 0.4) is 0 Å². The van der Waals surface area contributed by atoms with Crippen molar-refractivity contribution in [2.75, 3.05) is 38.0 Å². The fourth-order valence-corrected chi connectivity index (χ4v) is 4.71. The number of hydrogen-bond acceptors (Lipinski definition) is 5. The molecule has 2 heterocycles. The van der Waals surface area contributed by atoms with E-state index in [-0.39, 0.29) is 30.2 Å². The first-order valence-corrected chi connectivity index (χ1v) is 11.6. The summed E-state index contributed by atoms with van der Waals surface area (Å²) in [6.07, 6.45) is 1.43. The molecule has 1 aromatic rings. The van der Waals surface area contributed by atoms with Crippen molar-refractivity contribution < 1.29 is 27.8 Å². The van der Waals surface area contributed by atoms with Crippen molar-refractivity contribution in [3.8, 4) is 5.75 Å². The van der Waals surface area contributed by atoms with Gasteiger partial charge in [-0.25, -0.2) is 0 Å². The number of ether oxygens (including phenoxy) is 1. The number of hydrogen-bond donors (Lipinski definition) is 2. The van der Waals surface area contributed by atoms with E-state index in [9.17, 15) is 23.1 Å². The third-order valence-electron chi connectivity index (χ3n) is 6.87. The van der Waals surface area contributed by atoms with Crippen LogP contribution in [-0.2, 0) is 11.0 Å². The lowest BCUT2D eigenvalue weighted by molar-refractivity contribution is -0.137. The minimum atomic E-state index is -4.61. The maximum absolute atomic E-state index is 13.7. The topological polar surface area (TPSA) is 65.0 Å². The molecule has 178 valence electrons. The number of anilines is 1. The molecule has 6 nitrogen and oxygen atoms in total. The molecule has 0 aromatic heterocycles. The number of benzene rings is 1. The van der Waals surface area contributed by atoms with Crippen LogP contribution < -0.4 is 10.1 Å². The molecule has 2 saturated heterocycles. The molecule has 3 aliphatic rings. The Balaban J connectivity index is 1.35. The van der Waals surface area contributed by atoms with Gasteiger partial charge >= 0.3 is 6.18 Å². The Morgan fingerprint density at radius 2 is 1.75 bits per heavy atom. The van der Waals surface area contributed by atoms with E-state index in [0.717, 1.165) is 32.0 Å². The van der Waals surface area contributed by atoms with Gasteiger partial charge in [-0.3, -0.25) is 9.69 Å². The number of likely N-dealkylation sites (tertiary alicyclic amines) is 2.